The predicted octanol–water partition coefficient (Wildman–Crippen LogP) is 3.83. The number of amides is 1. The molecule has 0 saturated carbocycles. The van der Waals surface area contributed by atoms with Crippen LogP contribution in [0.25, 0.3) is 11.5 Å². The van der Waals surface area contributed by atoms with Crippen LogP contribution in [0.15, 0.2) is 59.2 Å². The molecular weight excluding hydrogens is 302 g/mol. The Morgan fingerprint density at radius 3 is 2.67 bits per heavy atom. The van der Waals surface area contributed by atoms with E-state index in [4.69, 9.17) is 4.42 Å². The summed E-state index contributed by atoms with van der Waals surface area (Å²) in [6.45, 7) is 3.32. The number of hydrogen-bond acceptors (Lipinski definition) is 3. The average molecular weight is 323 g/mol. The maximum absolute atomic E-state index is 12.9. The van der Waals surface area contributed by atoms with E-state index in [1.807, 2.05) is 49.5 Å². The Kier molecular flexibility index (Phi) is 4.79. The lowest BCUT2D eigenvalue weighted by molar-refractivity contribution is 0.0772. The molecule has 1 aromatic carbocycles. The molecule has 0 unspecified atom stereocenters. The summed E-state index contributed by atoms with van der Waals surface area (Å²) in [5.74, 6) is 0.627. The fraction of sp³-hybridized carbons (Fsp3) is 0.263. The van der Waals surface area contributed by atoms with Crippen molar-refractivity contribution < 1.29 is 9.21 Å². The van der Waals surface area contributed by atoms with Gasteiger partial charge in [-0.15, -0.1) is 0 Å². The van der Waals surface area contributed by atoms with Crippen molar-refractivity contribution in [3.05, 3.63) is 66.1 Å². The second-order valence-corrected chi connectivity index (χ2v) is 5.76. The zero-order valence-electron chi connectivity index (χ0n) is 14.0. The van der Waals surface area contributed by atoms with E-state index >= 15 is 0 Å². The Labute approximate surface area is 141 Å². The molecule has 2 aromatic heterocycles. The van der Waals surface area contributed by atoms with Gasteiger partial charge in [-0.3, -0.25) is 9.48 Å². The van der Waals surface area contributed by atoms with E-state index in [-0.39, 0.29) is 5.91 Å². The van der Waals surface area contributed by atoms with Gasteiger partial charge in [-0.2, -0.15) is 5.10 Å². The first-order valence-electron chi connectivity index (χ1n) is 8.10. The van der Waals surface area contributed by atoms with E-state index in [2.05, 4.69) is 12.0 Å². The molecule has 3 aromatic rings. The molecule has 0 bridgehead atoms. The maximum Gasteiger partial charge on any atom is 0.272 e. The van der Waals surface area contributed by atoms with E-state index in [0.29, 0.717) is 30.2 Å². The highest BCUT2D eigenvalue weighted by Crippen LogP contribution is 2.21. The van der Waals surface area contributed by atoms with Gasteiger partial charge in [-0.25, -0.2) is 0 Å². The SMILES string of the molecule is CCCn1nc(-c2ccco2)cc1C(=O)N(C)Cc1ccccc1. The second kappa shape index (κ2) is 7.17. The molecule has 0 atom stereocenters. The molecule has 0 N–H and O–H groups in total. The van der Waals surface area contributed by atoms with Gasteiger partial charge in [0.25, 0.3) is 5.91 Å². The molecule has 1 amide bonds. The summed E-state index contributed by atoms with van der Waals surface area (Å²) < 4.78 is 7.17. The van der Waals surface area contributed by atoms with Crippen LogP contribution in [0.3, 0.4) is 0 Å². The molecule has 124 valence electrons. The normalized spacial score (nSPS) is 10.8. The minimum Gasteiger partial charge on any atom is -0.463 e. The zero-order chi connectivity index (χ0) is 16.9. The van der Waals surface area contributed by atoms with Crippen LogP contribution < -0.4 is 0 Å². The molecule has 24 heavy (non-hydrogen) atoms. The highest BCUT2D eigenvalue weighted by Gasteiger charge is 2.20. The quantitative estimate of drug-likeness (QED) is 0.693. The molecule has 0 aliphatic heterocycles. The van der Waals surface area contributed by atoms with Crippen molar-refractivity contribution >= 4 is 5.91 Å². The monoisotopic (exact) mass is 323 g/mol. The largest absolute Gasteiger partial charge is 0.463 e. The van der Waals surface area contributed by atoms with Gasteiger partial charge in [0.05, 0.1) is 6.26 Å². The van der Waals surface area contributed by atoms with Crippen LogP contribution >= 0.6 is 0 Å². The molecule has 0 aliphatic rings. The highest BCUT2D eigenvalue weighted by atomic mass is 16.3. The lowest BCUT2D eigenvalue weighted by Gasteiger charge is -2.17. The second-order valence-electron chi connectivity index (χ2n) is 5.76. The molecule has 5 heteroatoms. The Morgan fingerprint density at radius 2 is 2.00 bits per heavy atom. The number of hydrogen-bond donors (Lipinski definition) is 0. The Balaban J connectivity index is 1.85. The molecule has 0 saturated heterocycles. The molecule has 0 spiro atoms. The number of carbonyl (C=O) groups is 1. The van der Waals surface area contributed by atoms with Crippen molar-refractivity contribution in [3.63, 3.8) is 0 Å². The van der Waals surface area contributed by atoms with Crippen molar-refractivity contribution in [1.29, 1.82) is 0 Å². The van der Waals surface area contributed by atoms with Crippen molar-refractivity contribution in [2.24, 2.45) is 0 Å². The molecule has 0 radical (unpaired) electrons. The lowest BCUT2D eigenvalue weighted by Crippen LogP contribution is -2.28. The fourth-order valence-electron chi connectivity index (χ4n) is 2.64. The molecule has 3 rings (SSSR count). The lowest BCUT2D eigenvalue weighted by atomic mass is 10.2. The first kappa shape index (κ1) is 16.1. The van der Waals surface area contributed by atoms with Crippen LogP contribution in [-0.4, -0.2) is 27.6 Å². The molecule has 0 aliphatic carbocycles. The van der Waals surface area contributed by atoms with Gasteiger partial charge in [0.2, 0.25) is 0 Å². The third kappa shape index (κ3) is 3.40. The number of benzene rings is 1. The summed E-state index contributed by atoms with van der Waals surface area (Å²) in [5.41, 5.74) is 2.37. The van der Waals surface area contributed by atoms with E-state index in [1.165, 1.54) is 0 Å². The van der Waals surface area contributed by atoms with Gasteiger partial charge in [-0.05, 0) is 24.1 Å². The number of aromatic nitrogens is 2. The van der Waals surface area contributed by atoms with Gasteiger partial charge in [0, 0.05) is 26.2 Å². The summed E-state index contributed by atoms with van der Waals surface area (Å²) in [7, 11) is 1.81. The summed E-state index contributed by atoms with van der Waals surface area (Å²) in [6, 6.07) is 15.4. The van der Waals surface area contributed by atoms with Crippen LogP contribution in [0.2, 0.25) is 0 Å². The molecule has 0 fully saturated rings. The number of nitrogens with zero attached hydrogens (tertiary/aromatic N) is 3. The first-order valence-corrected chi connectivity index (χ1v) is 8.10. The summed E-state index contributed by atoms with van der Waals surface area (Å²) in [6.07, 6.45) is 2.51. The Morgan fingerprint density at radius 1 is 1.21 bits per heavy atom. The first-order chi connectivity index (χ1) is 11.7. The van der Waals surface area contributed by atoms with Crippen molar-refractivity contribution in [2.75, 3.05) is 7.05 Å². The van der Waals surface area contributed by atoms with Crippen LogP contribution in [0.5, 0.6) is 0 Å². The topological polar surface area (TPSA) is 51.3 Å². The Bertz CT molecular complexity index is 791. The summed E-state index contributed by atoms with van der Waals surface area (Å²) in [5, 5.41) is 4.53. The minimum absolute atomic E-state index is 0.0439. The number of aryl methyl sites for hydroxylation is 1. The number of carbonyl (C=O) groups excluding carboxylic acids is 1. The Hall–Kier alpha value is -2.82. The molecular formula is C19H21N3O2. The van der Waals surface area contributed by atoms with Crippen molar-refractivity contribution in [1.82, 2.24) is 14.7 Å². The highest BCUT2D eigenvalue weighted by molar-refractivity contribution is 5.93. The maximum atomic E-state index is 12.9. The third-order valence-corrected chi connectivity index (χ3v) is 3.82. The van der Waals surface area contributed by atoms with Gasteiger partial charge < -0.3 is 9.32 Å². The van der Waals surface area contributed by atoms with Gasteiger partial charge in [0.1, 0.15) is 11.4 Å². The zero-order valence-corrected chi connectivity index (χ0v) is 14.0. The summed E-state index contributed by atoms with van der Waals surface area (Å²) in [4.78, 5) is 14.6. The molecule has 5 nitrogen and oxygen atoms in total. The van der Waals surface area contributed by atoms with Crippen LogP contribution in [0.4, 0.5) is 0 Å². The van der Waals surface area contributed by atoms with Gasteiger partial charge in [-0.1, -0.05) is 37.3 Å². The van der Waals surface area contributed by atoms with Crippen LogP contribution in [-0.2, 0) is 13.1 Å². The number of rotatable bonds is 6. The number of furan rings is 1. The van der Waals surface area contributed by atoms with Crippen molar-refractivity contribution in [3.8, 4) is 11.5 Å². The van der Waals surface area contributed by atoms with E-state index < -0.39 is 0 Å². The average Bonchev–Trinajstić information content (AvgIpc) is 3.25. The van der Waals surface area contributed by atoms with Gasteiger partial charge >= 0.3 is 0 Å². The molecule has 2 heterocycles. The van der Waals surface area contributed by atoms with Crippen LogP contribution in [0.1, 0.15) is 29.4 Å². The van der Waals surface area contributed by atoms with E-state index in [0.717, 1.165) is 12.0 Å². The smallest absolute Gasteiger partial charge is 0.272 e. The third-order valence-electron chi connectivity index (χ3n) is 3.82. The predicted molar refractivity (Wildman–Crippen MR) is 92.5 cm³/mol. The summed E-state index contributed by atoms with van der Waals surface area (Å²) >= 11 is 0. The van der Waals surface area contributed by atoms with Crippen molar-refractivity contribution in [2.45, 2.75) is 26.4 Å². The minimum atomic E-state index is -0.0439. The van der Waals surface area contributed by atoms with E-state index in [1.54, 1.807) is 21.9 Å². The fourth-order valence-corrected chi connectivity index (χ4v) is 2.64. The van der Waals surface area contributed by atoms with Crippen LogP contribution in [0, 0.1) is 0 Å². The van der Waals surface area contributed by atoms with E-state index in [9.17, 15) is 4.79 Å². The van der Waals surface area contributed by atoms with Gasteiger partial charge in [0.15, 0.2) is 5.76 Å². The standard InChI is InChI=1S/C19H21N3O2/c1-3-11-22-17(13-16(20-22)18-10-7-12-24-18)19(23)21(2)14-15-8-5-4-6-9-15/h4-10,12-13H,3,11,14H2,1-2H3.